The highest BCUT2D eigenvalue weighted by Gasteiger charge is 2.27. The number of sulfonamides is 1. The van der Waals surface area contributed by atoms with E-state index in [4.69, 9.17) is 0 Å². The molecule has 1 aromatic carbocycles. The number of Topliss-reactive ketones (excluding diaryl/α,β-unsaturated/α-hetero) is 1. The predicted octanol–water partition coefficient (Wildman–Crippen LogP) is 1.90. The van der Waals surface area contributed by atoms with E-state index in [1.165, 1.54) is 11.2 Å². The molecular formula is C14H17NO3S. The van der Waals surface area contributed by atoms with Gasteiger partial charge in [0.2, 0.25) is 10.0 Å². The van der Waals surface area contributed by atoms with Crippen molar-refractivity contribution in [3.63, 3.8) is 0 Å². The van der Waals surface area contributed by atoms with Crippen LogP contribution in [0.2, 0.25) is 0 Å². The summed E-state index contributed by atoms with van der Waals surface area (Å²) in [4.78, 5) is 11.6. The Hall–Kier alpha value is -1.46. The minimum Gasteiger partial charge on any atom is -0.295 e. The molecule has 0 saturated carbocycles. The van der Waals surface area contributed by atoms with Gasteiger partial charge in [0.15, 0.2) is 5.78 Å². The first-order valence-corrected chi connectivity index (χ1v) is 7.62. The summed E-state index contributed by atoms with van der Waals surface area (Å²) in [6, 6.07) is 6.77. The van der Waals surface area contributed by atoms with E-state index >= 15 is 0 Å². The molecule has 1 aliphatic rings. The SMILES string of the molecule is CC(=O)C1=CCCN(S(=O)(=O)c2ccc(C)cc2)C1. The lowest BCUT2D eigenvalue weighted by atomic mass is 10.1. The van der Waals surface area contributed by atoms with Gasteiger partial charge in [0.25, 0.3) is 0 Å². The highest BCUT2D eigenvalue weighted by Crippen LogP contribution is 2.21. The standard InChI is InChI=1S/C14H17NO3S/c1-11-5-7-14(8-6-11)19(17,18)15-9-3-4-13(10-15)12(2)16/h4-8H,3,9-10H2,1-2H3. The van der Waals surface area contributed by atoms with Crippen LogP contribution >= 0.6 is 0 Å². The molecule has 19 heavy (non-hydrogen) atoms. The van der Waals surface area contributed by atoms with Crippen LogP contribution < -0.4 is 0 Å². The zero-order valence-electron chi connectivity index (χ0n) is 11.1. The monoisotopic (exact) mass is 279 g/mol. The molecule has 2 rings (SSSR count). The van der Waals surface area contributed by atoms with Crippen molar-refractivity contribution in [1.82, 2.24) is 4.31 Å². The third-order valence-electron chi connectivity index (χ3n) is 3.23. The van der Waals surface area contributed by atoms with E-state index in [0.717, 1.165) is 5.56 Å². The number of benzene rings is 1. The van der Waals surface area contributed by atoms with Crippen LogP contribution in [0.5, 0.6) is 0 Å². The maximum Gasteiger partial charge on any atom is 0.243 e. The number of nitrogens with zero attached hydrogens (tertiary/aromatic N) is 1. The van der Waals surface area contributed by atoms with Gasteiger partial charge in [-0.25, -0.2) is 8.42 Å². The van der Waals surface area contributed by atoms with Gasteiger partial charge in [-0.1, -0.05) is 23.8 Å². The van der Waals surface area contributed by atoms with Gasteiger partial charge < -0.3 is 0 Å². The van der Waals surface area contributed by atoms with Gasteiger partial charge in [-0.05, 0) is 32.4 Å². The van der Waals surface area contributed by atoms with Gasteiger partial charge in [0, 0.05) is 18.7 Å². The summed E-state index contributed by atoms with van der Waals surface area (Å²) in [5, 5.41) is 0. The van der Waals surface area contributed by atoms with Gasteiger partial charge in [0.05, 0.1) is 4.90 Å². The zero-order valence-corrected chi connectivity index (χ0v) is 11.9. The van der Waals surface area contributed by atoms with Crippen molar-refractivity contribution in [2.75, 3.05) is 13.1 Å². The number of carbonyl (C=O) groups excluding carboxylic acids is 1. The van der Waals surface area contributed by atoms with Crippen LogP contribution in [0.4, 0.5) is 0 Å². The maximum atomic E-state index is 12.5. The highest BCUT2D eigenvalue weighted by molar-refractivity contribution is 7.89. The molecule has 0 saturated heterocycles. The topological polar surface area (TPSA) is 54.5 Å². The number of hydrogen-bond acceptors (Lipinski definition) is 3. The van der Waals surface area contributed by atoms with E-state index in [1.807, 2.05) is 13.0 Å². The van der Waals surface area contributed by atoms with Gasteiger partial charge in [0.1, 0.15) is 0 Å². The molecule has 102 valence electrons. The van der Waals surface area contributed by atoms with Crippen LogP contribution in [-0.4, -0.2) is 31.6 Å². The summed E-state index contributed by atoms with van der Waals surface area (Å²) >= 11 is 0. The van der Waals surface area contributed by atoms with Crippen molar-refractivity contribution < 1.29 is 13.2 Å². The molecule has 0 spiro atoms. The minimum atomic E-state index is -3.50. The second-order valence-corrected chi connectivity index (χ2v) is 6.66. The molecule has 0 radical (unpaired) electrons. The van der Waals surface area contributed by atoms with E-state index in [-0.39, 0.29) is 17.2 Å². The number of hydrogen-bond donors (Lipinski definition) is 0. The van der Waals surface area contributed by atoms with Crippen LogP contribution in [0.1, 0.15) is 18.9 Å². The lowest BCUT2D eigenvalue weighted by Gasteiger charge is -2.25. The maximum absolute atomic E-state index is 12.5. The van der Waals surface area contributed by atoms with E-state index in [1.54, 1.807) is 24.3 Å². The first-order valence-electron chi connectivity index (χ1n) is 6.18. The number of ketones is 1. The molecule has 0 fully saturated rings. The van der Waals surface area contributed by atoms with Gasteiger partial charge in [-0.15, -0.1) is 0 Å². The summed E-state index contributed by atoms with van der Waals surface area (Å²) in [5.74, 6) is -0.0659. The fraction of sp³-hybridized carbons (Fsp3) is 0.357. The molecule has 0 aliphatic carbocycles. The van der Waals surface area contributed by atoms with E-state index < -0.39 is 10.0 Å². The van der Waals surface area contributed by atoms with Crippen molar-refractivity contribution >= 4 is 15.8 Å². The molecule has 0 amide bonds. The fourth-order valence-corrected chi connectivity index (χ4v) is 3.47. The number of carbonyl (C=O) groups is 1. The Labute approximate surface area is 113 Å². The Morgan fingerprint density at radius 2 is 1.84 bits per heavy atom. The second kappa shape index (κ2) is 5.27. The number of rotatable bonds is 3. The summed E-state index contributed by atoms with van der Waals surface area (Å²) < 4.78 is 26.3. The van der Waals surface area contributed by atoms with Crippen LogP contribution in [0.25, 0.3) is 0 Å². The first kappa shape index (κ1) is 14.0. The Kier molecular flexibility index (Phi) is 3.87. The largest absolute Gasteiger partial charge is 0.295 e. The smallest absolute Gasteiger partial charge is 0.243 e. The third kappa shape index (κ3) is 2.93. The number of aryl methyl sites for hydroxylation is 1. The molecule has 1 heterocycles. The summed E-state index contributed by atoms with van der Waals surface area (Å²) in [7, 11) is -3.50. The molecule has 0 unspecified atom stereocenters. The molecule has 1 aromatic rings. The van der Waals surface area contributed by atoms with Crippen molar-refractivity contribution in [3.05, 3.63) is 41.5 Å². The Bertz CT molecular complexity index is 615. The minimum absolute atomic E-state index is 0.0659. The van der Waals surface area contributed by atoms with Gasteiger partial charge in [-0.2, -0.15) is 4.31 Å². The Balaban J connectivity index is 2.28. The van der Waals surface area contributed by atoms with Crippen molar-refractivity contribution in [1.29, 1.82) is 0 Å². The molecule has 0 N–H and O–H groups in total. The lowest BCUT2D eigenvalue weighted by molar-refractivity contribution is -0.113. The normalized spacial score (nSPS) is 17.1. The molecule has 5 heteroatoms. The highest BCUT2D eigenvalue weighted by atomic mass is 32.2. The first-order chi connectivity index (χ1) is 8.91. The summed E-state index contributed by atoms with van der Waals surface area (Å²) in [6.07, 6.45) is 2.41. The van der Waals surface area contributed by atoms with E-state index in [2.05, 4.69) is 0 Å². The average molecular weight is 279 g/mol. The van der Waals surface area contributed by atoms with Crippen molar-refractivity contribution in [2.24, 2.45) is 0 Å². The molecule has 0 atom stereocenters. The van der Waals surface area contributed by atoms with Gasteiger partial charge in [-0.3, -0.25) is 4.79 Å². The second-order valence-electron chi connectivity index (χ2n) is 4.73. The average Bonchev–Trinajstić information content (AvgIpc) is 2.39. The quantitative estimate of drug-likeness (QED) is 0.849. The van der Waals surface area contributed by atoms with E-state index in [9.17, 15) is 13.2 Å². The van der Waals surface area contributed by atoms with Gasteiger partial charge >= 0.3 is 0 Å². The molecule has 1 aliphatic heterocycles. The zero-order chi connectivity index (χ0) is 14.0. The van der Waals surface area contributed by atoms with Crippen LogP contribution in [0.15, 0.2) is 40.8 Å². The lowest BCUT2D eigenvalue weighted by Crippen LogP contribution is -2.37. The van der Waals surface area contributed by atoms with E-state index in [0.29, 0.717) is 18.5 Å². The summed E-state index contributed by atoms with van der Waals surface area (Å²) in [5.41, 5.74) is 1.59. The van der Waals surface area contributed by atoms with Crippen molar-refractivity contribution in [2.45, 2.75) is 25.2 Å². The Morgan fingerprint density at radius 1 is 1.21 bits per heavy atom. The summed E-state index contributed by atoms with van der Waals surface area (Å²) in [6.45, 7) is 3.97. The molecule has 0 bridgehead atoms. The predicted molar refractivity (Wildman–Crippen MR) is 73.3 cm³/mol. The third-order valence-corrected chi connectivity index (χ3v) is 5.09. The van der Waals surface area contributed by atoms with Crippen LogP contribution in [0.3, 0.4) is 0 Å². The fourth-order valence-electron chi connectivity index (χ4n) is 2.04. The molecule has 4 nitrogen and oxygen atoms in total. The van der Waals surface area contributed by atoms with Crippen LogP contribution in [-0.2, 0) is 14.8 Å². The molecule has 0 aromatic heterocycles. The molecular weight excluding hydrogens is 262 g/mol. The van der Waals surface area contributed by atoms with Crippen LogP contribution in [0, 0.1) is 6.92 Å². The Morgan fingerprint density at radius 3 is 2.42 bits per heavy atom. The van der Waals surface area contributed by atoms with Crippen molar-refractivity contribution in [3.8, 4) is 0 Å².